The van der Waals surface area contributed by atoms with Gasteiger partial charge in [0.2, 0.25) is 5.76 Å². The number of amides is 1. The Hall–Kier alpha value is -1.32. The Morgan fingerprint density at radius 1 is 1.69 bits per heavy atom. The van der Waals surface area contributed by atoms with E-state index in [0.29, 0.717) is 5.76 Å². The molecule has 0 atom stereocenters. The second-order valence-electron chi connectivity index (χ2n) is 3.88. The Bertz CT molecular complexity index is 316. The molecule has 0 N–H and O–H groups in total. The van der Waals surface area contributed by atoms with Crippen LogP contribution in [0, 0.1) is 0 Å². The number of aromatic nitrogens is 1. The van der Waals surface area contributed by atoms with Crippen molar-refractivity contribution in [3.63, 3.8) is 0 Å². The number of hydrogen-bond acceptors (Lipinski definition) is 3. The van der Waals surface area contributed by atoms with Gasteiger partial charge in [0, 0.05) is 12.1 Å². The van der Waals surface area contributed by atoms with Gasteiger partial charge in [0.05, 0.1) is 6.20 Å². The van der Waals surface area contributed by atoms with Gasteiger partial charge in [0.1, 0.15) is 0 Å². The summed E-state index contributed by atoms with van der Waals surface area (Å²) in [6.07, 6.45) is 3.78. The van der Waals surface area contributed by atoms with Gasteiger partial charge < -0.3 is 9.32 Å². The molecular weight excluding hydrogens is 168 g/mol. The molecule has 0 radical (unpaired) electrons. The lowest BCUT2D eigenvalue weighted by Gasteiger charge is -2.47. The fourth-order valence-corrected chi connectivity index (χ4v) is 1.50. The minimum Gasteiger partial charge on any atom is -0.438 e. The second-order valence-corrected chi connectivity index (χ2v) is 3.88. The molecule has 1 aliphatic rings. The number of carbonyl (C=O) groups is 1. The van der Waals surface area contributed by atoms with E-state index < -0.39 is 0 Å². The zero-order chi connectivity index (χ0) is 9.47. The molecule has 1 aliphatic heterocycles. The monoisotopic (exact) mass is 180 g/mol. The molecule has 0 unspecified atom stereocenters. The summed E-state index contributed by atoms with van der Waals surface area (Å²) in [4.78, 5) is 17.2. The van der Waals surface area contributed by atoms with Gasteiger partial charge in [-0.05, 0) is 20.3 Å². The first-order valence-corrected chi connectivity index (χ1v) is 4.32. The maximum atomic E-state index is 11.7. The molecule has 0 spiro atoms. The summed E-state index contributed by atoms with van der Waals surface area (Å²) in [6, 6.07) is 0. The molecule has 1 aromatic rings. The highest BCUT2D eigenvalue weighted by molar-refractivity contribution is 5.92. The quantitative estimate of drug-likeness (QED) is 0.654. The number of oxazole rings is 1. The summed E-state index contributed by atoms with van der Waals surface area (Å²) in [5, 5.41) is 0. The van der Waals surface area contributed by atoms with Crippen LogP contribution in [0.4, 0.5) is 0 Å². The molecule has 1 aromatic heterocycles. The Balaban J connectivity index is 2.15. The van der Waals surface area contributed by atoms with Crippen LogP contribution in [0.15, 0.2) is 17.0 Å². The van der Waals surface area contributed by atoms with Crippen LogP contribution >= 0.6 is 0 Å². The van der Waals surface area contributed by atoms with E-state index in [9.17, 15) is 4.79 Å². The molecule has 70 valence electrons. The largest absolute Gasteiger partial charge is 0.438 e. The standard InChI is InChI=1S/C9H12N2O2/c1-9(2)3-4-11(9)8(12)7-5-10-6-13-7/h5-6H,3-4H2,1-2H3. The molecule has 1 saturated heterocycles. The van der Waals surface area contributed by atoms with Crippen LogP contribution < -0.4 is 0 Å². The Labute approximate surface area is 76.6 Å². The third-order valence-corrected chi connectivity index (χ3v) is 2.57. The zero-order valence-electron chi connectivity index (χ0n) is 7.78. The molecule has 0 saturated carbocycles. The maximum absolute atomic E-state index is 11.7. The Morgan fingerprint density at radius 3 is 2.85 bits per heavy atom. The summed E-state index contributed by atoms with van der Waals surface area (Å²) >= 11 is 0. The van der Waals surface area contributed by atoms with Gasteiger partial charge in [-0.25, -0.2) is 4.98 Å². The van der Waals surface area contributed by atoms with Gasteiger partial charge in [0.25, 0.3) is 5.91 Å². The first-order chi connectivity index (χ1) is 6.11. The van der Waals surface area contributed by atoms with Crippen molar-refractivity contribution in [2.24, 2.45) is 0 Å². The lowest BCUT2D eigenvalue weighted by atomic mass is 9.89. The van der Waals surface area contributed by atoms with Crippen molar-refractivity contribution in [2.45, 2.75) is 25.8 Å². The number of carbonyl (C=O) groups excluding carboxylic acids is 1. The van der Waals surface area contributed by atoms with Crippen molar-refractivity contribution in [2.75, 3.05) is 6.54 Å². The highest BCUT2D eigenvalue weighted by atomic mass is 16.3. The SMILES string of the molecule is CC1(C)CCN1C(=O)c1cnco1. The van der Waals surface area contributed by atoms with Gasteiger partial charge in [-0.3, -0.25) is 4.79 Å². The Kier molecular flexibility index (Phi) is 1.65. The Morgan fingerprint density at radius 2 is 2.46 bits per heavy atom. The number of nitrogens with zero attached hydrogens (tertiary/aromatic N) is 2. The summed E-state index contributed by atoms with van der Waals surface area (Å²) in [7, 11) is 0. The van der Waals surface area contributed by atoms with Gasteiger partial charge in [0.15, 0.2) is 6.39 Å². The second kappa shape index (κ2) is 2.58. The van der Waals surface area contributed by atoms with Crippen molar-refractivity contribution in [3.05, 3.63) is 18.4 Å². The molecule has 2 rings (SSSR count). The molecule has 0 aliphatic carbocycles. The van der Waals surface area contributed by atoms with Crippen molar-refractivity contribution >= 4 is 5.91 Å². The minimum absolute atomic E-state index is 0.0239. The lowest BCUT2D eigenvalue weighted by Crippen LogP contribution is -2.58. The summed E-state index contributed by atoms with van der Waals surface area (Å²) in [6.45, 7) is 4.90. The summed E-state index contributed by atoms with van der Waals surface area (Å²) in [5.41, 5.74) is -0.0239. The maximum Gasteiger partial charge on any atom is 0.291 e. The summed E-state index contributed by atoms with van der Waals surface area (Å²) < 4.78 is 4.94. The van der Waals surface area contributed by atoms with Gasteiger partial charge in [-0.1, -0.05) is 0 Å². The molecule has 4 nitrogen and oxygen atoms in total. The third-order valence-electron chi connectivity index (χ3n) is 2.57. The molecular formula is C9H12N2O2. The summed E-state index contributed by atoms with van der Waals surface area (Å²) in [5.74, 6) is 0.265. The van der Waals surface area contributed by atoms with E-state index in [1.54, 1.807) is 4.90 Å². The lowest BCUT2D eigenvalue weighted by molar-refractivity contribution is 0.0129. The predicted octanol–water partition coefficient (Wildman–Crippen LogP) is 1.30. The fraction of sp³-hybridized carbons (Fsp3) is 0.556. The van der Waals surface area contributed by atoms with E-state index in [2.05, 4.69) is 4.98 Å². The average molecular weight is 180 g/mol. The van der Waals surface area contributed by atoms with Crippen molar-refractivity contribution in [1.29, 1.82) is 0 Å². The van der Waals surface area contributed by atoms with Crippen molar-refractivity contribution < 1.29 is 9.21 Å². The van der Waals surface area contributed by atoms with Crippen LogP contribution in [0.5, 0.6) is 0 Å². The van der Waals surface area contributed by atoms with Crippen LogP contribution in [-0.4, -0.2) is 27.9 Å². The fourth-order valence-electron chi connectivity index (χ4n) is 1.50. The molecule has 2 heterocycles. The van der Waals surface area contributed by atoms with Crippen LogP contribution in [0.3, 0.4) is 0 Å². The van der Waals surface area contributed by atoms with E-state index in [0.717, 1.165) is 13.0 Å². The average Bonchev–Trinajstić information content (AvgIpc) is 2.54. The van der Waals surface area contributed by atoms with Crippen LogP contribution in [0.2, 0.25) is 0 Å². The molecule has 1 amide bonds. The zero-order valence-corrected chi connectivity index (χ0v) is 7.78. The smallest absolute Gasteiger partial charge is 0.291 e. The van der Waals surface area contributed by atoms with Gasteiger partial charge in [-0.15, -0.1) is 0 Å². The van der Waals surface area contributed by atoms with E-state index in [1.165, 1.54) is 12.6 Å². The minimum atomic E-state index is -0.0613. The topological polar surface area (TPSA) is 46.3 Å². The van der Waals surface area contributed by atoms with Crippen molar-refractivity contribution in [3.8, 4) is 0 Å². The number of rotatable bonds is 1. The highest BCUT2D eigenvalue weighted by Gasteiger charge is 2.40. The number of hydrogen-bond donors (Lipinski definition) is 0. The predicted molar refractivity (Wildman–Crippen MR) is 46.2 cm³/mol. The van der Waals surface area contributed by atoms with E-state index in [1.807, 2.05) is 13.8 Å². The van der Waals surface area contributed by atoms with Crippen LogP contribution in [0.25, 0.3) is 0 Å². The number of likely N-dealkylation sites (tertiary alicyclic amines) is 1. The highest BCUT2D eigenvalue weighted by Crippen LogP contribution is 2.30. The van der Waals surface area contributed by atoms with E-state index in [-0.39, 0.29) is 11.4 Å². The van der Waals surface area contributed by atoms with E-state index >= 15 is 0 Å². The first-order valence-electron chi connectivity index (χ1n) is 4.32. The van der Waals surface area contributed by atoms with Gasteiger partial charge in [-0.2, -0.15) is 0 Å². The van der Waals surface area contributed by atoms with E-state index in [4.69, 9.17) is 4.42 Å². The molecule has 4 heteroatoms. The molecule has 1 fully saturated rings. The third kappa shape index (κ3) is 1.22. The molecule has 0 bridgehead atoms. The normalized spacial score (nSPS) is 19.7. The molecule has 13 heavy (non-hydrogen) atoms. The van der Waals surface area contributed by atoms with Crippen LogP contribution in [0.1, 0.15) is 30.8 Å². The van der Waals surface area contributed by atoms with Crippen molar-refractivity contribution in [1.82, 2.24) is 9.88 Å². The van der Waals surface area contributed by atoms with Crippen LogP contribution in [-0.2, 0) is 0 Å². The van der Waals surface area contributed by atoms with Gasteiger partial charge >= 0.3 is 0 Å². The first kappa shape index (κ1) is 8.29. The molecule has 0 aromatic carbocycles.